The zero-order valence-corrected chi connectivity index (χ0v) is 14.7. The van der Waals surface area contributed by atoms with Gasteiger partial charge >= 0.3 is 5.97 Å². The van der Waals surface area contributed by atoms with Crippen molar-refractivity contribution in [1.29, 1.82) is 0 Å². The first-order chi connectivity index (χ1) is 11.5. The van der Waals surface area contributed by atoms with Crippen LogP contribution in [0, 0.1) is 6.92 Å². The zero-order chi connectivity index (χ0) is 16.9. The monoisotopic (exact) mass is 338 g/mol. The number of esters is 1. The van der Waals surface area contributed by atoms with Crippen molar-refractivity contribution in [3.63, 3.8) is 0 Å². The first kappa shape index (κ1) is 15.3. The number of nitrogens with zero attached hydrogens (tertiary/aromatic N) is 2. The van der Waals surface area contributed by atoms with Gasteiger partial charge in [0.1, 0.15) is 10.7 Å². The Bertz CT molecular complexity index is 932. The van der Waals surface area contributed by atoms with E-state index in [4.69, 9.17) is 9.72 Å². The number of hydrogen-bond donors (Lipinski definition) is 0. The van der Waals surface area contributed by atoms with E-state index in [1.54, 1.807) is 11.3 Å². The summed E-state index contributed by atoms with van der Waals surface area (Å²) >= 11 is 1.66. The van der Waals surface area contributed by atoms with Crippen LogP contribution in [-0.2, 0) is 10.2 Å². The smallest absolute Gasteiger partial charge is 0.337 e. The Balaban J connectivity index is 1.68. The van der Waals surface area contributed by atoms with Crippen LogP contribution in [0.5, 0.6) is 0 Å². The van der Waals surface area contributed by atoms with Crippen molar-refractivity contribution in [2.75, 3.05) is 7.11 Å². The molecule has 0 saturated heterocycles. The van der Waals surface area contributed by atoms with Gasteiger partial charge in [0.2, 0.25) is 0 Å². The molecule has 0 aliphatic heterocycles. The maximum Gasteiger partial charge on any atom is 0.337 e. The first-order valence-corrected chi connectivity index (χ1v) is 8.81. The fourth-order valence-electron chi connectivity index (χ4n) is 3.44. The molecule has 5 heteroatoms. The number of carbonyl (C=O) groups is 1. The van der Waals surface area contributed by atoms with Crippen LogP contribution in [0.25, 0.3) is 10.2 Å². The molecule has 1 aliphatic carbocycles. The van der Waals surface area contributed by atoms with E-state index in [-0.39, 0.29) is 11.4 Å². The Hall–Kier alpha value is -2.27. The van der Waals surface area contributed by atoms with Crippen LogP contribution < -0.4 is 0 Å². The molecule has 122 valence electrons. The van der Waals surface area contributed by atoms with Crippen LogP contribution in [-0.4, -0.2) is 23.0 Å². The van der Waals surface area contributed by atoms with E-state index in [1.165, 1.54) is 18.1 Å². The Morgan fingerprint density at radius 2 is 2.00 bits per heavy atom. The first-order valence-electron chi connectivity index (χ1n) is 7.93. The molecular weight excluding hydrogens is 320 g/mol. The maximum absolute atomic E-state index is 11.6. The van der Waals surface area contributed by atoms with E-state index < -0.39 is 0 Å². The minimum atomic E-state index is -0.301. The maximum atomic E-state index is 11.6. The molecule has 1 fully saturated rings. The molecule has 4 rings (SSSR count). The van der Waals surface area contributed by atoms with Gasteiger partial charge in [0, 0.05) is 16.7 Å². The molecule has 3 aromatic rings. The summed E-state index contributed by atoms with van der Waals surface area (Å²) in [5, 5.41) is 3.25. The number of fused-ring (bicyclic) bond motifs is 1. The number of hydrogen-bond acceptors (Lipinski definition) is 5. The summed E-state index contributed by atoms with van der Waals surface area (Å²) < 4.78 is 4.77. The molecule has 4 nitrogen and oxygen atoms in total. The van der Waals surface area contributed by atoms with Crippen molar-refractivity contribution in [2.45, 2.75) is 31.6 Å². The van der Waals surface area contributed by atoms with Crippen LogP contribution in [0.4, 0.5) is 0 Å². The van der Waals surface area contributed by atoms with E-state index in [2.05, 4.69) is 23.4 Å². The molecule has 24 heavy (non-hydrogen) atoms. The number of thiophene rings is 1. The second kappa shape index (κ2) is 5.38. The van der Waals surface area contributed by atoms with Gasteiger partial charge in [-0.3, -0.25) is 0 Å². The summed E-state index contributed by atoms with van der Waals surface area (Å²) in [6.45, 7) is 4.22. The lowest BCUT2D eigenvalue weighted by molar-refractivity contribution is 0.0600. The molecule has 1 saturated carbocycles. The summed E-state index contributed by atoms with van der Waals surface area (Å²) in [6.07, 6.45) is 1.06. The summed E-state index contributed by atoms with van der Waals surface area (Å²) in [4.78, 5) is 21.9. The van der Waals surface area contributed by atoms with Crippen molar-refractivity contribution in [1.82, 2.24) is 9.97 Å². The third-order valence-electron chi connectivity index (χ3n) is 5.00. The third-order valence-corrected chi connectivity index (χ3v) is 5.81. The summed E-state index contributed by atoms with van der Waals surface area (Å²) in [5.74, 6) is 0.918. The number of benzene rings is 1. The number of rotatable bonds is 3. The standard InChI is InChI=1S/C19H18N2O2S/c1-11-20-16(14-8-9-24-17(14)21-11)15-10-19(15,2)13-6-4-12(5-7-13)18(22)23-3/h4-9,15H,10H2,1-3H3. The van der Waals surface area contributed by atoms with Crippen LogP contribution in [0.2, 0.25) is 0 Å². The normalized spacial score (nSPS) is 22.5. The second-order valence-electron chi connectivity index (χ2n) is 6.54. The Kier molecular flexibility index (Phi) is 3.42. The lowest BCUT2D eigenvalue weighted by Crippen LogP contribution is -2.07. The van der Waals surface area contributed by atoms with Gasteiger partial charge in [0.15, 0.2) is 0 Å². The summed E-state index contributed by atoms with van der Waals surface area (Å²) in [6, 6.07) is 9.87. The lowest BCUT2D eigenvalue weighted by atomic mass is 9.93. The predicted octanol–water partition coefficient (Wildman–Crippen LogP) is 4.23. The molecule has 0 spiro atoms. The van der Waals surface area contributed by atoms with Crippen molar-refractivity contribution in [3.8, 4) is 0 Å². The highest BCUT2D eigenvalue weighted by atomic mass is 32.1. The van der Waals surface area contributed by atoms with E-state index >= 15 is 0 Å². The minimum absolute atomic E-state index is 0.0598. The van der Waals surface area contributed by atoms with Crippen molar-refractivity contribution >= 4 is 27.5 Å². The van der Waals surface area contributed by atoms with Crippen LogP contribution in [0.1, 0.15) is 46.7 Å². The Labute approximate surface area is 144 Å². The number of aryl methyl sites for hydroxylation is 1. The number of methoxy groups -OCH3 is 1. The molecule has 1 aliphatic rings. The lowest BCUT2D eigenvalue weighted by Gasteiger charge is -2.13. The molecule has 2 atom stereocenters. The SMILES string of the molecule is COC(=O)c1ccc(C2(C)CC2c2nc(C)nc3sccc23)cc1. The van der Waals surface area contributed by atoms with E-state index in [0.29, 0.717) is 11.5 Å². The van der Waals surface area contributed by atoms with Gasteiger partial charge in [-0.25, -0.2) is 14.8 Å². The number of carbonyl (C=O) groups excluding carboxylic acids is 1. The Morgan fingerprint density at radius 1 is 1.25 bits per heavy atom. The van der Waals surface area contributed by atoms with Gasteiger partial charge in [0.25, 0.3) is 0 Å². The van der Waals surface area contributed by atoms with Gasteiger partial charge in [-0.05, 0) is 42.5 Å². The fraction of sp³-hybridized carbons (Fsp3) is 0.316. The highest BCUT2D eigenvalue weighted by Gasteiger charge is 2.53. The molecular formula is C19H18N2O2S. The third kappa shape index (κ3) is 2.31. The molecule has 2 heterocycles. The zero-order valence-electron chi connectivity index (χ0n) is 13.9. The van der Waals surface area contributed by atoms with Gasteiger partial charge < -0.3 is 4.74 Å². The van der Waals surface area contributed by atoms with Crippen molar-refractivity contribution in [2.24, 2.45) is 0 Å². The largest absolute Gasteiger partial charge is 0.465 e. The molecule has 0 bridgehead atoms. The van der Waals surface area contributed by atoms with Gasteiger partial charge in [0.05, 0.1) is 18.4 Å². The quantitative estimate of drug-likeness (QED) is 0.671. The summed E-state index contributed by atoms with van der Waals surface area (Å²) in [7, 11) is 1.40. The van der Waals surface area contributed by atoms with Crippen molar-refractivity contribution in [3.05, 3.63) is 58.4 Å². The summed E-state index contributed by atoms with van der Waals surface area (Å²) in [5.41, 5.74) is 3.03. The molecule has 1 aromatic carbocycles. The average Bonchev–Trinajstić information content (AvgIpc) is 3.06. The topological polar surface area (TPSA) is 52.1 Å². The van der Waals surface area contributed by atoms with E-state index in [0.717, 1.165) is 22.8 Å². The average molecular weight is 338 g/mol. The van der Waals surface area contributed by atoms with E-state index in [9.17, 15) is 4.79 Å². The van der Waals surface area contributed by atoms with E-state index in [1.807, 2.05) is 31.2 Å². The van der Waals surface area contributed by atoms with Gasteiger partial charge in [-0.2, -0.15) is 0 Å². The van der Waals surface area contributed by atoms with Crippen LogP contribution in [0.15, 0.2) is 35.7 Å². The Morgan fingerprint density at radius 3 is 2.71 bits per heavy atom. The van der Waals surface area contributed by atoms with Crippen molar-refractivity contribution < 1.29 is 9.53 Å². The van der Waals surface area contributed by atoms with Gasteiger partial charge in [-0.15, -0.1) is 11.3 Å². The fourth-order valence-corrected chi connectivity index (χ4v) is 4.26. The second-order valence-corrected chi connectivity index (χ2v) is 7.43. The molecule has 0 amide bonds. The molecule has 0 N–H and O–H groups in total. The van der Waals surface area contributed by atoms with Crippen LogP contribution >= 0.6 is 11.3 Å². The number of aromatic nitrogens is 2. The molecule has 2 unspecified atom stereocenters. The minimum Gasteiger partial charge on any atom is -0.465 e. The molecule has 2 aromatic heterocycles. The number of ether oxygens (including phenoxy) is 1. The van der Waals surface area contributed by atoms with Crippen LogP contribution in [0.3, 0.4) is 0 Å². The highest BCUT2D eigenvalue weighted by Crippen LogP contribution is 2.60. The molecule has 0 radical (unpaired) electrons. The van der Waals surface area contributed by atoms with Gasteiger partial charge in [-0.1, -0.05) is 19.1 Å². The highest BCUT2D eigenvalue weighted by molar-refractivity contribution is 7.16. The predicted molar refractivity (Wildman–Crippen MR) is 94.6 cm³/mol.